The molecule has 0 aliphatic carbocycles. The molecule has 0 spiro atoms. The molecule has 1 atom stereocenters. The summed E-state index contributed by atoms with van der Waals surface area (Å²) in [5.41, 5.74) is 1.63. The van der Waals surface area contributed by atoms with Crippen LogP contribution in [0.4, 0.5) is 5.69 Å². The Balaban J connectivity index is 1.89. The standard InChI is InChI=1S/C16H20N2O3/c1-2-21-15(19)10-7-12-5-8-13(9-6-12)18-16(20)14-4-3-11-17-14/h5-10,14,17H,2-4,11H2,1H3,(H,18,20)/t14-/m0/s1. The average molecular weight is 288 g/mol. The first kappa shape index (κ1) is 15.3. The first-order valence-corrected chi connectivity index (χ1v) is 7.18. The van der Waals surface area contributed by atoms with Crippen molar-refractivity contribution in [1.82, 2.24) is 5.32 Å². The molecule has 0 bridgehead atoms. The van der Waals surface area contributed by atoms with Gasteiger partial charge in [0.05, 0.1) is 12.6 Å². The molecule has 1 saturated heterocycles. The molecule has 0 unspecified atom stereocenters. The fraction of sp³-hybridized carbons (Fsp3) is 0.375. The number of amides is 1. The maximum Gasteiger partial charge on any atom is 0.330 e. The third kappa shape index (κ3) is 4.72. The van der Waals surface area contributed by atoms with Crippen molar-refractivity contribution in [3.63, 3.8) is 0 Å². The monoisotopic (exact) mass is 288 g/mol. The van der Waals surface area contributed by atoms with Gasteiger partial charge in [0, 0.05) is 11.8 Å². The molecule has 5 heteroatoms. The normalized spacial score (nSPS) is 17.9. The molecule has 1 aromatic carbocycles. The molecule has 1 heterocycles. The summed E-state index contributed by atoms with van der Waals surface area (Å²) in [7, 11) is 0. The molecule has 0 aromatic heterocycles. The van der Waals surface area contributed by atoms with Crippen LogP contribution in [0.5, 0.6) is 0 Å². The van der Waals surface area contributed by atoms with Crippen molar-refractivity contribution in [3.05, 3.63) is 35.9 Å². The summed E-state index contributed by atoms with van der Waals surface area (Å²) >= 11 is 0. The van der Waals surface area contributed by atoms with Crippen LogP contribution in [0.1, 0.15) is 25.3 Å². The van der Waals surface area contributed by atoms with Crippen LogP contribution in [-0.4, -0.2) is 31.1 Å². The molecule has 0 radical (unpaired) electrons. The van der Waals surface area contributed by atoms with Crippen molar-refractivity contribution in [1.29, 1.82) is 0 Å². The molecular formula is C16H20N2O3. The van der Waals surface area contributed by atoms with E-state index >= 15 is 0 Å². The average Bonchev–Trinajstić information content (AvgIpc) is 3.01. The number of hydrogen-bond acceptors (Lipinski definition) is 4. The highest BCUT2D eigenvalue weighted by atomic mass is 16.5. The summed E-state index contributed by atoms with van der Waals surface area (Å²) in [4.78, 5) is 23.1. The zero-order chi connectivity index (χ0) is 15.1. The second-order valence-electron chi connectivity index (χ2n) is 4.85. The van der Waals surface area contributed by atoms with Gasteiger partial charge in [-0.15, -0.1) is 0 Å². The minimum atomic E-state index is -0.359. The van der Waals surface area contributed by atoms with E-state index in [1.165, 1.54) is 6.08 Å². The Morgan fingerprint density at radius 2 is 2.14 bits per heavy atom. The molecule has 2 N–H and O–H groups in total. The lowest BCUT2D eigenvalue weighted by Crippen LogP contribution is -2.35. The summed E-state index contributed by atoms with van der Waals surface area (Å²) in [6.07, 6.45) is 4.99. The molecule has 1 aliphatic rings. The highest BCUT2D eigenvalue weighted by Crippen LogP contribution is 2.13. The second kappa shape index (κ2) is 7.59. The predicted molar refractivity (Wildman–Crippen MR) is 81.8 cm³/mol. The number of nitrogens with one attached hydrogen (secondary N) is 2. The molecular weight excluding hydrogens is 268 g/mol. The maximum absolute atomic E-state index is 11.9. The fourth-order valence-corrected chi connectivity index (χ4v) is 2.17. The lowest BCUT2D eigenvalue weighted by molar-refractivity contribution is -0.137. The Morgan fingerprint density at radius 1 is 1.38 bits per heavy atom. The van der Waals surface area contributed by atoms with E-state index < -0.39 is 0 Å². The van der Waals surface area contributed by atoms with Crippen LogP contribution in [0.3, 0.4) is 0 Å². The highest BCUT2D eigenvalue weighted by Gasteiger charge is 2.21. The van der Waals surface area contributed by atoms with Gasteiger partial charge in [-0.2, -0.15) is 0 Å². The molecule has 112 valence electrons. The summed E-state index contributed by atoms with van der Waals surface area (Å²) in [5.74, 6) is -0.357. The van der Waals surface area contributed by atoms with Gasteiger partial charge in [0.2, 0.25) is 5.91 Å². The molecule has 0 saturated carbocycles. The third-order valence-corrected chi connectivity index (χ3v) is 3.25. The van der Waals surface area contributed by atoms with Gasteiger partial charge in [0.25, 0.3) is 0 Å². The van der Waals surface area contributed by atoms with Crippen LogP contribution in [0.25, 0.3) is 6.08 Å². The van der Waals surface area contributed by atoms with Gasteiger partial charge in [-0.05, 0) is 50.1 Å². The van der Waals surface area contributed by atoms with Crippen molar-refractivity contribution < 1.29 is 14.3 Å². The quantitative estimate of drug-likeness (QED) is 0.642. The Bertz CT molecular complexity index is 517. The topological polar surface area (TPSA) is 67.4 Å². The smallest absolute Gasteiger partial charge is 0.330 e. The van der Waals surface area contributed by atoms with Crippen LogP contribution in [0, 0.1) is 0 Å². The van der Waals surface area contributed by atoms with E-state index in [0.717, 1.165) is 30.6 Å². The second-order valence-corrected chi connectivity index (χ2v) is 4.85. The van der Waals surface area contributed by atoms with Gasteiger partial charge < -0.3 is 15.4 Å². The number of carbonyl (C=O) groups is 2. The van der Waals surface area contributed by atoms with Crippen LogP contribution >= 0.6 is 0 Å². The zero-order valence-corrected chi connectivity index (χ0v) is 12.1. The summed E-state index contributed by atoms with van der Waals surface area (Å²) in [5, 5.41) is 6.04. The Morgan fingerprint density at radius 3 is 2.76 bits per heavy atom. The fourth-order valence-electron chi connectivity index (χ4n) is 2.17. The molecule has 5 nitrogen and oxygen atoms in total. The van der Waals surface area contributed by atoms with Crippen molar-refractivity contribution in [3.8, 4) is 0 Å². The van der Waals surface area contributed by atoms with Gasteiger partial charge in [-0.1, -0.05) is 12.1 Å². The Labute approximate surface area is 124 Å². The van der Waals surface area contributed by atoms with E-state index in [1.54, 1.807) is 13.0 Å². The molecule has 2 rings (SSSR count). The lowest BCUT2D eigenvalue weighted by atomic mass is 10.1. The first-order valence-electron chi connectivity index (χ1n) is 7.18. The molecule has 1 aromatic rings. The third-order valence-electron chi connectivity index (χ3n) is 3.25. The van der Waals surface area contributed by atoms with Crippen LogP contribution in [0.2, 0.25) is 0 Å². The van der Waals surface area contributed by atoms with Crippen LogP contribution in [0.15, 0.2) is 30.3 Å². The molecule has 1 aliphatic heterocycles. The van der Waals surface area contributed by atoms with E-state index in [9.17, 15) is 9.59 Å². The van der Waals surface area contributed by atoms with Crippen molar-refractivity contribution in [2.24, 2.45) is 0 Å². The van der Waals surface area contributed by atoms with E-state index in [0.29, 0.717) is 6.61 Å². The van der Waals surface area contributed by atoms with Gasteiger partial charge in [-0.25, -0.2) is 4.79 Å². The lowest BCUT2D eigenvalue weighted by Gasteiger charge is -2.11. The number of hydrogen-bond donors (Lipinski definition) is 2. The van der Waals surface area contributed by atoms with Gasteiger partial charge in [-0.3, -0.25) is 4.79 Å². The van der Waals surface area contributed by atoms with Crippen molar-refractivity contribution >= 4 is 23.6 Å². The van der Waals surface area contributed by atoms with Gasteiger partial charge in [0.15, 0.2) is 0 Å². The first-order chi connectivity index (χ1) is 10.2. The zero-order valence-electron chi connectivity index (χ0n) is 12.1. The van der Waals surface area contributed by atoms with Crippen LogP contribution < -0.4 is 10.6 Å². The highest BCUT2D eigenvalue weighted by molar-refractivity contribution is 5.95. The van der Waals surface area contributed by atoms with E-state index in [-0.39, 0.29) is 17.9 Å². The van der Waals surface area contributed by atoms with E-state index in [4.69, 9.17) is 4.74 Å². The largest absolute Gasteiger partial charge is 0.463 e. The van der Waals surface area contributed by atoms with E-state index in [2.05, 4.69) is 10.6 Å². The van der Waals surface area contributed by atoms with Crippen LogP contribution in [-0.2, 0) is 14.3 Å². The number of esters is 1. The summed E-state index contributed by atoms with van der Waals surface area (Å²) < 4.78 is 4.81. The number of carbonyl (C=O) groups excluding carboxylic acids is 2. The Kier molecular flexibility index (Phi) is 5.51. The van der Waals surface area contributed by atoms with Crippen molar-refractivity contribution in [2.45, 2.75) is 25.8 Å². The Hall–Kier alpha value is -2.14. The summed E-state index contributed by atoms with van der Waals surface area (Å²) in [6.45, 7) is 3.03. The minimum Gasteiger partial charge on any atom is -0.463 e. The SMILES string of the molecule is CCOC(=O)C=Cc1ccc(NC(=O)[C@@H]2CCCN2)cc1. The molecule has 1 amide bonds. The predicted octanol–water partition coefficient (Wildman–Crippen LogP) is 1.95. The number of anilines is 1. The molecule has 21 heavy (non-hydrogen) atoms. The van der Waals surface area contributed by atoms with Crippen molar-refractivity contribution in [2.75, 3.05) is 18.5 Å². The number of rotatable bonds is 5. The number of ether oxygens (including phenoxy) is 1. The number of benzene rings is 1. The van der Waals surface area contributed by atoms with Gasteiger partial charge in [0.1, 0.15) is 0 Å². The van der Waals surface area contributed by atoms with E-state index in [1.807, 2.05) is 24.3 Å². The molecule has 1 fully saturated rings. The maximum atomic E-state index is 11.9. The van der Waals surface area contributed by atoms with Gasteiger partial charge >= 0.3 is 5.97 Å². The summed E-state index contributed by atoms with van der Waals surface area (Å²) in [6, 6.07) is 7.23. The minimum absolute atomic E-state index is 0.00214.